The summed E-state index contributed by atoms with van der Waals surface area (Å²) in [6.07, 6.45) is 1.99. The Balaban J connectivity index is 2.20. The van der Waals surface area contributed by atoms with Crippen molar-refractivity contribution in [2.24, 2.45) is 0 Å². The number of rotatable bonds is 2. The molecule has 0 aromatic carbocycles. The summed E-state index contributed by atoms with van der Waals surface area (Å²) >= 11 is 8.41. The molecular weight excluding hydrogens is 324 g/mol. The summed E-state index contributed by atoms with van der Waals surface area (Å²) in [5, 5.41) is 0. The van der Waals surface area contributed by atoms with Crippen LogP contribution in [0.3, 0.4) is 0 Å². The number of esters is 1. The first-order valence-corrected chi connectivity index (χ1v) is 9.55. The van der Waals surface area contributed by atoms with Gasteiger partial charge in [-0.05, 0) is 29.9 Å². The summed E-state index contributed by atoms with van der Waals surface area (Å²) in [7, 11) is 1.43. The Morgan fingerprint density at radius 3 is 2.11 bits per heavy atom. The van der Waals surface area contributed by atoms with Crippen LogP contribution in [0.1, 0.15) is 13.8 Å². The van der Waals surface area contributed by atoms with Gasteiger partial charge in [-0.25, -0.2) is 4.79 Å². The molecule has 0 aliphatic carbocycles. The van der Waals surface area contributed by atoms with Gasteiger partial charge in [0, 0.05) is 0 Å². The molecule has 2 aliphatic rings. The molecule has 7 heteroatoms. The molecule has 0 unspecified atom stereocenters. The predicted octanol–water partition coefficient (Wildman–Crippen LogP) is 5.03. The molecule has 2 heterocycles. The molecule has 2 rings (SSSR count). The maximum atomic E-state index is 11.7. The highest BCUT2D eigenvalue weighted by Crippen LogP contribution is 2.61. The second kappa shape index (κ2) is 6.26. The van der Waals surface area contributed by atoms with Crippen LogP contribution in [-0.4, -0.2) is 19.3 Å². The Labute approximate surface area is 128 Å². The average Bonchev–Trinajstić information content (AvgIpc) is 2.93. The van der Waals surface area contributed by atoms with Gasteiger partial charge in [0.1, 0.15) is 4.91 Å². The van der Waals surface area contributed by atoms with Gasteiger partial charge in [0.2, 0.25) is 0 Å². The van der Waals surface area contributed by atoms with Crippen LogP contribution in [0.15, 0.2) is 27.4 Å². The van der Waals surface area contributed by atoms with E-state index in [4.69, 9.17) is 4.74 Å². The molecule has 0 aromatic rings. The molecule has 0 aromatic heterocycles. The van der Waals surface area contributed by atoms with E-state index in [1.54, 1.807) is 47.0 Å². The van der Waals surface area contributed by atoms with Crippen molar-refractivity contribution in [2.75, 3.05) is 13.4 Å². The van der Waals surface area contributed by atoms with E-state index in [0.717, 1.165) is 9.14 Å². The fourth-order valence-corrected chi connectivity index (χ4v) is 7.67. The van der Waals surface area contributed by atoms with E-state index in [0.29, 0.717) is 0 Å². The van der Waals surface area contributed by atoms with Crippen LogP contribution in [0, 0.1) is 0 Å². The van der Waals surface area contributed by atoms with Crippen molar-refractivity contribution in [3.8, 4) is 0 Å². The van der Waals surface area contributed by atoms with Crippen LogP contribution in [-0.2, 0) is 9.53 Å². The van der Waals surface area contributed by atoms with Gasteiger partial charge < -0.3 is 4.74 Å². The van der Waals surface area contributed by atoms with E-state index in [-0.39, 0.29) is 5.97 Å². The molecule has 0 spiro atoms. The zero-order valence-corrected chi connectivity index (χ0v) is 14.4. The lowest BCUT2D eigenvalue weighted by atomic mass is 10.6. The lowest BCUT2D eigenvalue weighted by molar-refractivity contribution is -0.135. The van der Waals surface area contributed by atoms with Crippen LogP contribution in [0.5, 0.6) is 0 Å². The monoisotopic (exact) mass is 336 g/mol. The van der Waals surface area contributed by atoms with E-state index in [1.165, 1.54) is 37.2 Å². The molecule has 0 atom stereocenters. The van der Waals surface area contributed by atoms with Gasteiger partial charge in [-0.2, -0.15) is 0 Å². The van der Waals surface area contributed by atoms with Crippen molar-refractivity contribution in [1.82, 2.24) is 0 Å². The smallest absolute Gasteiger partial charge is 0.346 e. The highest BCUT2D eigenvalue weighted by atomic mass is 32.2. The van der Waals surface area contributed by atoms with Crippen LogP contribution in [0.4, 0.5) is 0 Å². The second-order valence-electron chi connectivity index (χ2n) is 3.41. The molecule has 0 radical (unpaired) electrons. The van der Waals surface area contributed by atoms with Crippen LogP contribution < -0.4 is 0 Å². The molecule has 0 saturated heterocycles. The Hall–Kier alpha value is 0.440. The lowest BCUT2D eigenvalue weighted by Gasteiger charge is -2.01. The quantitative estimate of drug-likeness (QED) is 0.653. The molecule has 2 aliphatic heterocycles. The Kier molecular flexibility index (Phi) is 5.16. The Bertz CT molecular complexity index is 474. The first kappa shape index (κ1) is 14.8. The van der Waals surface area contributed by atoms with Gasteiger partial charge in [-0.15, -0.1) is 11.8 Å². The van der Waals surface area contributed by atoms with Crippen molar-refractivity contribution in [2.45, 2.75) is 13.8 Å². The third-order valence-electron chi connectivity index (χ3n) is 2.28. The number of ether oxygens (including phenoxy) is 1. The van der Waals surface area contributed by atoms with E-state index in [9.17, 15) is 4.79 Å². The summed E-state index contributed by atoms with van der Waals surface area (Å²) in [6, 6.07) is 0. The Morgan fingerprint density at radius 1 is 1.06 bits per heavy atom. The second-order valence-corrected chi connectivity index (χ2v) is 9.49. The molecule has 18 heavy (non-hydrogen) atoms. The van der Waals surface area contributed by atoms with Gasteiger partial charge in [0.05, 0.1) is 19.8 Å². The highest BCUT2D eigenvalue weighted by molar-refractivity contribution is 8.38. The van der Waals surface area contributed by atoms with Crippen LogP contribution >= 0.6 is 58.8 Å². The van der Waals surface area contributed by atoms with E-state index in [2.05, 4.69) is 13.8 Å². The summed E-state index contributed by atoms with van der Waals surface area (Å²) in [6.45, 7) is 4.27. The normalized spacial score (nSPS) is 20.2. The zero-order chi connectivity index (χ0) is 13.3. The number of carbonyl (C=O) groups is 1. The third-order valence-corrected chi connectivity index (χ3v) is 9.25. The summed E-state index contributed by atoms with van der Waals surface area (Å²) in [5.74, 6) is -0.234. The molecule has 0 N–H and O–H groups in total. The average molecular weight is 337 g/mol. The van der Waals surface area contributed by atoms with Crippen molar-refractivity contribution < 1.29 is 9.53 Å². The van der Waals surface area contributed by atoms with E-state index >= 15 is 0 Å². The number of allylic oxidation sites excluding steroid dienone is 2. The van der Waals surface area contributed by atoms with E-state index in [1.807, 2.05) is 6.26 Å². The fraction of sp³-hybridized carbons (Fsp3) is 0.364. The van der Waals surface area contributed by atoms with Crippen molar-refractivity contribution in [3.63, 3.8) is 0 Å². The molecule has 0 fully saturated rings. The maximum Gasteiger partial charge on any atom is 0.346 e. The van der Waals surface area contributed by atoms with Gasteiger partial charge in [0.25, 0.3) is 0 Å². The van der Waals surface area contributed by atoms with E-state index < -0.39 is 0 Å². The number of methoxy groups -OCH3 is 1. The molecule has 0 amide bonds. The largest absolute Gasteiger partial charge is 0.465 e. The minimum Gasteiger partial charge on any atom is -0.465 e. The molecule has 98 valence electrons. The van der Waals surface area contributed by atoms with Crippen molar-refractivity contribution in [1.29, 1.82) is 0 Å². The standard InChI is InChI=1S/C11H12O2S5/c1-5-6(2)16-10(15-5)11-17-7(8(12)13-3)9(14-4)18-11/h1-4H3. The van der Waals surface area contributed by atoms with Crippen molar-refractivity contribution >= 4 is 64.8 Å². The number of thioether (sulfide) groups is 5. The number of hydrogen-bond acceptors (Lipinski definition) is 7. The maximum absolute atomic E-state index is 11.7. The molecule has 0 bridgehead atoms. The minimum atomic E-state index is -0.234. The van der Waals surface area contributed by atoms with Gasteiger partial charge in [0.15, 0.2) is 0 Å². The summed E-state index contributed by atoms with van der Waals surface area (Å²) in [4.78, 5) is 15.1. The summed E-state index contributed by atoms with van der Waals surface area (Å²) in [5.41, 5.74) is 0. The Morgan fingerprint density at radius 2 is 1.61 bits per heavy atom. The number of hydrogen-bond donors (Lipinski definition) is 0. The van der Waals surface area contributed by atoms with Crippen LogP contribution in [0.2, 0.25) is 0 Å². The third kappa shape index (κ3) is 2.95. The zero-order valence-electron chi connectivity index (χ0n) is 10.4. The molecular formula is C11H12O2S5. The van der Waals surface area contributed by atoms with Crippen molar-refractivity contribution in [3.05, 3.63) is 27.4 Å². The first-order valence-electron chi connectivity index (χ1n) is 5.06. The SMILES string of the molecule is COC(=O)C1=C(SC)SC(=C2SC(C)=C(C)S2)S1. The minimum absolute atomic E-state index is 0.234. The van der Waals surface area contributed by atoms with Gasteiger partial charge in [-0.3, -0.25) is 0 Å². The van der Waals surface area contributed by atoms with Gasteiger partial charge in [-0.1, -0.05) is 47.0 Å². The summed E-state index contributed by atoms with van der Waals surface area (Å²) < 4.78 is 8.35. The van der Waals surface area contributed by atoms with Gasteiger partial charge >= 0.3 is 5.97 Å². The highest BCUT2D eigenvalue weighted by Gasteiger charge is 2.31. The molecule has 0 saturated carbocycles. The van der Waals surface area contributed by atoms with Crippen LogP contribution in [0.25, 0.3) is 0 Å². The molecule has 2 nitrogen and oxygen atoms in total. The lowest BCUT2D eigenvalue weighted by Crippen LogP contribution is -2.00. The predicted molar refractivity (Wildman–Crippen MR) is 88.3 cm³/mol. The topological polar surface area (TPSA) is 26.3 Å². The number of carbonyl (C=O) groups excluding carboxylic acids is 1. The first-order chi connectivity index (χ1) is 8.56. The fourth-order valence-electron chi connectivity index (χ4n) is 1.25.